The van der Waals surface area contributed by atoms with E-state index in [9.17, 15) is 8.42 Å². The molecule has 8 nitrogen and oxygen atoms in total. The molecule has 0 aliphatic rings. The minimum absolute atomic E-state index is 0.0768. The molecule has 0 fully saturated rings. The fourth-order valence-corrected chi connectivity index (χ4v) is 3.88. The molecular weight excluding hydrogens is 288 g/mol. The molecule has 2 rings (SSSR count). The van der Waals surface area contributed by atoms with Gasteiger partial charge in [-0.1, -0.05) is 11.3 Å². The maximum Gasteiger partial charge on any atom is 0.252 e. The molecule has 0 aliphatic carbocycles. The average molecular weight is 302 g/mol. The molecule has 0 amide bonds. The first-order chi connectivity index (χ1) is 8.94. The molecule has 2 aromatic heterocycles. The summed E-state index contributed by atoms with van der Waals surface area (Å²) < 4.78 is 28.6. The summed E-state index contributed by atoms with van der Waals surface area (Å²) in [6, 6.07) is 0. The number of hydrogen-bond donors (Lipinski definition) is 2. The van der Waals surface area contributed by atoms with Gasteiger partial charge in [0.15, 0.2) is 9.34 Å². The van der Waals surface area contributed by atoms with Crippen LogP contribution in [0.4, 0.5) is 5.13 Å². The molecule has 3 N–H and O–H groups in total. The molecule has 0 atom stereocenters. The van der Waals surface area contributed by atoms with Crippen molar-refractivity contribution in [1.29, 1.82) is 0 Å². The molecule has 0 aliphatic heterocycles. The van der Waals surface area contributed by atoms with Crippen molar-refractivity contribution >= 4 is 26.5 Å². The second kappa shape index (κ2) is 5.23. The summed E-state index contributed by atoms with van der Waals surface area (Å²) in [6.07, 6.45) is 1.56. The topological polar surface area (TPSA) is 116 Å². The Balaban J connectivity index is 2.17. The van der Waals surface area contributed by atoms with E-state index in [1.165, 1.54) is 0 Å². The second-order valence-electron chi connectivity index (χ2n) is 3.78. The molecule has 0 spiro atoms. The summed E-state index contributed by atoms with van der Waals surface area (Å²) in [5.41, 5.74) is 5.90. The van der Waals surface area contributed by atoms with E-state index in [2.05, 4.69) is 19.9 Å². The predicted octanol–water partition coefficient (Wildman–Crippen LogP) is 0.124. The third-order valence-electron chi connectivity index (χ3n) is 2.47. The molecule has 0 unspecified atom stereocenters. The number of thiazole rings is 1. The van der Waals surface area contributed by atoms with E-state index in [-0.39, 0.29) is 15.9 Å². The number of sulfonamides is 1. The highest BCUT2D eigenvalue weighted by molar-refractivity contribution is 7.91. The Morgan fingerprint density at radius 1 is 1.53 bits per heavy atom. The molecule has 10 heteroatoms. The number of aryl methyl sites for hydroxylation is 2. The van der Waals surface area contributed by atoms with Gasteiger partial charge in [-0.25, -0.2) is 18.1 Å². The van der Waals surface area contributed by atoms with Crippen molar-refractivity contribution in [1.82, 2.24) is 24.5 Å². The van der Waals surface area contributed by atoms with E-state index >= 15 is 0 Å². The van der Waals surface area contributed by atoms with Crippen molar-refractivity contribution in [3.63, 3.8) is 0 Å². The number of hydrogen-bond acceptors (Lipinski definition) is 7. The van der Waals surface area contributed by atoms with Crippen molar-refractivity contribution in [3.05, 3.63) is 17.8 Å². The zero-order chi connectivity index (χ0) is 14.0. The minimum Gasteiger partial charge on any atom is -0.375 e. The van der Waals surface area contributed by atoms with Crippen LogP contribution in [0.5, 0.6) is 0 Å². The van der Waals surface area contributed by atoms with Crippen LogP contribution in [0.1, 0.15) is 18.4 Å². The van der Waals surface area contributed by atoms with Gasteiger partial charge in [0.05, 0.1) is 12.2 Å². The van der Waals surface area contributed by atoms with Crippen molar-refractivity contribution in [3.8, 4) is 0 Å². The summed E-state index contributed by atoms with van der Waals surface area (Å²) in [7, 11) is -3.63. The van der Waals surface area contributed by atoms with Crippen LogP contribution in [0, 0.1) is 6.92 Å². The standard InChI is InChI=1S/C9H14N6O2S2/c1-3-15-5-11-14-7(15)4-12-19(16,17)8-6(2)13-9(10)18-8/h5,12H,3-4H2,1-2H3,(H2,10,13). The lowest BCUT2D eigenvalue weighted by molar-refractivity contribution is 0.576. The van der Waals surface area contributed by atoms with Gasteiger partial charge in [0.25, 0.3) is 10.0 Å². The summed E-state index contributed by atoms with van der Waals surface area (Å²) >= 11 is 0.942. The van der Waals surface area contributed by atoms with E-state index in [1.807, 2.05) is 6.92 Å². The first-order valence-electron chi connectivity index (χ1n) is 5.53. The van der Waals surface area contributed by atoms with Gasteiger partial charge >= 0.3 is 0 Å². The lowest BCUT2D eigenvalue weighted by Gasteiger charge is -2.05. The molecule has 2 aromatic rings. The van der Waals surface area contributed by atoms with Gasteiger partial charge in [-0.2, -0.15) is 0 Å². The zero-order valence-electron chi connectivity index (χ0n) is 10.5. The number of nitrogen functional groups attached to an aromatic ring is 1. The SMILES string of the molecule is CCn1cnnc1CNS(=O)(=O)c1sc(N)nc1C. The first kappa shape index (κ1) is 13.9. The predicted molar refractivity (Wildman–Crippen MR) is 71.0 cm³/mol. The van der Waals surface area contributed by atoms with E-state index in [4.69, 9.17) is 5.73 Å². The first-order valence-corrected chi connectivity index (χ1v) is 7.83. The quantitative estimate of drug-likeness (QED) is 0.810. The molecular formula is C9H14N6O2S2. The number of nitrogens with zero attached hydrogens (tertiary/aromatic N) is 4. The van der Waals surface area contributed by atoms with Crippen molar-refractivity contribution in [2.75, 3.05) is 5.73 Å². The van der Waals surface area contributed by atoms with Crippen molar-refractivity contribution in [2.45, 2.75) is 31.1 Å². The zero-order valence-corrected chi connectivity index (χ0v) is 12.1. The Hall–Kier alpha value is -1.52. The number of rotatable bonds is 5. The normalized spacial score (nSPS) is 11.9. The molecule has 0 saturated carbocycles. The van der Waals surface area contributed by atoms with E-state index in [0.717, 1.165) is 11.3 Å². The van der Waals surface area contributed by atoms with Gasteiger partial charge in [-0.3, -0.25) is 0 Å². The number of nitrogens with one attached hydrogen (secondary N) is 1. The van der Waals surface area contributed by atoms with E-state index in [1.54, 1.807) is 17.8 Å². The lowest BCUT2D eigenvalue weighted by atomic mass is 10.6. The van der Waals surface area contributed by atoms with Crippen LogP contribution in [0.2, 0.25) is 0 Å². The van der Waals surface area contributed by atoms with Crippen LogP contribution in [0.25, 0.3) is 0 Å². The van der Waals surface area contributed by atoms with Crippen LogP contribution in [-0.2, 0) is 23.1 Å². The number of anilines is 1. The molecule has 104 valence electrons. The van der Waals surface area contributed by atoms with Crippen LogP contribution < -0.4 is 10.5 Å². The third kappa shape index (κ3) is 2.91. The van der Waals surface area contributed by atoms with Crippen LogP contribution in [0.15, 0.2) is 10.5 Å². The summed E-state index contributed by atoms with van der Waals surface area (Å²) in [4.78, 5) is 3.90. The Bertz CT molecular complexity index is 675. The Labute approximate surface area is 114 Å². The largest absolute Gasteiger partial charge is 0.375 e. The Morgan fingerprint density at radius 3 is 2.84 bits per heavy atom. The van der Waals surface area contributed by atoms with Crippen LogP contribution in [-0.4, -0.2) is 28.2 Å². The van der Waals surface area contributed by atoms with Crippen LogP contribution >= 0.6 is 11.3 Å². The fraction of sp³-hybridized carbons (Fsp3) is 0.444. The highest BCUT2D eigenvalue weighted by Crippen LogP contribution is 2.24. The lowest BCUT2D eigenvalue weighted by Crippen LogP contribution is -2.24. The smallest absolute Gasteiger partial charge is 0.252 e. The van der Waals surface area contributed by atoms with Gasteiger partial charge in [-0.15, -0.1) is 10.2 Å². The summed E-state index contributed by atoms with van der Waals surface area (Å²) in [5.74, 6) is 0.557. The second-order valence-corrected chi connectivity index (χ2v) is 6.78. The maximum absolute atomic E-state index is 12.1. The molecule has 0 radical (unpaired) electrons. The summed E-state index contributed by atoms with van der Waals surface area (Å²) in [5, 5.41) is 7.83. The van der Waals surface area contributed by atoms with Gasteiger partial charge < -0.3 is 10.3 Å². The van der Waals surface area contributed by atoms with E-state index in [0.29, 0.717) is 18.1 Å². The minimum atomic E-state index is -3.63. The third-order valence-corrected chi connectivity index (χ3v) is 5.47. The molecule has 19 heavy (non-hydrogen) atoms. The maximum atomic E-state index is 12.1. The van der Waals surface area contributed by atoms with Crippen LogP contribution in [0.3, 0.4) is 0 Å². The Kier molecular flexibility index (Phi) is 3.83. The van der Waals surface area contributed by atoms with Gasteiger partial charge in [0.2, 0.25) is 0 Å². The van der Waals surface area contributed by atoms with Crippen molar-refractivity contribution in [2.24, 2.45) is 0 Å². The highest BCUT2D eigenvalue weighted by atomic mass is 32.2. The molecule has 0 bridgehead atoms. The molecule has 0 saturated heterocycles. The Morgan fingerprint density at radius 2 is 2.26 bits per heavy atom. The van der Waals surface area contributed by atoms with Gasteiger partial charge in [0, 0.05) is 6.54 Å². The molecule has 0 aromatic carbocycles. The van der Waals surface area contributed by atoms with Gasteiger partial charge in [0.1, 0.15) is 12.2 Å². The summed E-state index contributed by atoms with van der Waals surface area (Å²) in [6.45, 7) is 4.29. The average Bonchev–Trinajstić information content (AvgIpc) is 2.93. The van der Waals surface area contributed by atoms with Gasteiger partial charge in [-0.05, 0) is 13.8 Å². The fourth-order valence-electron chi connectivity index (χ4n) is 1.56. The number of aromatic nitrogens is 4. The molecule has 2 heterocycles. The highest BCUT2D eigenvalue weighted by Gasteiger charge is 2.21. The van der Waals surface area contributed by atoms with Crippen molar-refractivity contribution < 1.29 is 8.42 Å². The monoisotopic (exact) mass is 302 g/mol. The van der Waals surface area contributed by atoms with E-state index < -0.39 is 10.0 Å². The number of nitrogens with two attached hydrogens (primary N) is 1.